The van der Waals surface area contributed by atoms with E-state index in [9.17, 15) is 0 Å². The van der Waals surface area contributed by atoms with Gasteiger partial charge in [0.15, 0.2) is 0 Å². The number of hydrogen-bond acceptors (Lipinski definition) is 0. The first-order chi connectivity index (χ1) is 3.39. The molecule has 0 atom stereocenters. The molecular weight excluding hydrogens is 205 g/mol. The Balaban J connectivity index is 3.02. The molecule has 0 radical (unpaired) electrons. The second kappa shape index (κ2) is 3.33. The Morgan fingerprint density at radius 2 is 1.57 bits per heavy atom. The van der Waals surface area contributed by atoms with Crippen molar-refractivity contribution in [2.24, 2.45) is 0 Å². The van der Waals surface area contributed by atoms with Crippen molar-refractivity contribution in [2.45, 2.75) is 0 Å². The van der Waals surface area contributed by atoms with Crippen molar-refractivity contribution < 1.29 is 0 Å². The van der Waals surface area contributed by atoms with Gasteiger partial charge in [0.1, 0.15) is 0 Å². The van der Waals surface area contributed by atoms with E-state index >= 15 is 0 Å². The van der Waals surface area contributed by atoms with Crippen molar-refractivity contribution in [2.75, 3.05) is 0 Å². The number of rotatable bonds is 0. The second-order valence-electron chi connectivity index (χ2n) is 1.65. The Labute approximate surface area is 90.7 Å². The van der Waals surface area contributed by atoms with Gasteiger partial charge >= 0.3 is 93.2 Å². The van der Waals surface area contributed by atoms with Crippen LogP contribution < -0.4 is -3.01 Å². The maximum atomic E-state index is 2.18. The molecule has 0 N–H and O–H groups in total. The summed E-state index contributed by atoms with van der Waals surface area (Å²) in [6, 6.07) is 10.6. The van der Waals surface area contributed by atoms with Crippen molar-refractivity contribution in [1.82, 2.24) is 0 Å². The zero-order chi connectivity index (χ0) is 5.11. The van der Waals surface area contributed by atoms with Crippen LogP contribution in [0.15, 0.2) is 30.3 Å². The minimum absolute atomic E-state index is 0.628. The van der Waals surface area contributed by atoms with Crippen LogP contribution in [0.4, 0.5) is 0 Å². The molecule has 0 aliphatic heterocycles. The summed E-state index contributed by atoms with van der Waals surface area (Å²) in [7, 11) is 0. The third kappa shape index (κ3) is 2.35. The quantitative estimate of drug-likeness (QED) is 0.584. The van der Waals surface area contributed by atoms with Crippen molar-refractivity contribution in [1.29, 1.82) is 0 Å². The van der Waals surface area contributed by atoms with Crippen molar-refractivity contribution in [3.05, 3.63) is 30.3 Å². The topological polar surface area (TPSA) is 0 Å². The van der Waals surface area contributed by atoms with E-state index in [1.165, 1.54) is 0 Å². The molecule has 0 nitrogen and oxygen atoms in total. The predicted molar refractivity (Wildman–Crippen MR) is 31.8 cm³/mol. The summed E-state index contributed by atoms with van der Waals surface area (Å²) in [6.45, 7) is 0. The fourth-order valence-electron chi connectivity index (χ4n) is 0.534. The van der Waals surface area contributed by atoms with Crippen molar-refractivity contribution >= 4 is 62.9 Å². The Hall–Kier alpha value is 1.27. The van der Waals surface area contributed by atoms with Crippen LogP contribution in [0.25, 0.3) is 0 Å². The Bertz CT molecular complexity index is 134. The van der Waals surface area contributed by atoms with Crippen LogP contribution >= 0.6 is 0 Å². The third-order valence-corrected chi connectivity index (χ3v) is 3.03. The second-order valence-corrected chi connectivity index (χ2v) is 5.28. The van der Waals surface area contributed by atoms with Crippen LogP contribution in [0, 0.1) is 0 Å². The Morgan fingerprint density at radius 3 is 1.86 bits per heavy atom. The van der Waals surface area contributed by atoms with Crippen LogP contribution in [0.1, 0.15) is 0 Å². The fraction of sp³-hybridized carbons (Fsp3) is 0. The van der Waals surface area contributed by atoms with Gasteiger partial charge in [0.2, 0.25) is 0 Å². The Morgan fingerprint density at radius 1 is 1.00 bits per heavy atom. The van der Waals surface area contributed by atoms with Crippen molar-refractivity contribution in [3.63, 3.8) is 0 Å². The minimum atomic E-state index is 0.628. The predicted octanol–water partition coefficient (Wildman–Crippen LogP) is 0.480. The molecule has 0 heterocycles. The molecule has 30 valence electrons. The third-order valence-electron chi connectivity index (χ3n) is 0.940. The fourth-order valence-corrected chi connectivity index (χ4v) is 1.74. The van der Waals surface area contributed by atoms with Gasteiger partial charge < -0.3 is 0 Å². The van der Waals surface area contributed by atoms with Gasteiger partial charge in [-0.2, -0.15) is 0 Å². The molecule has 0 fully saturated rings. The van der Waals surface area contributed by atoms with Gasteiger partial charge in [-0.05, 0) is 0 Å². The van der Waals surface area contributed by atoms with Crippen LogP contribution in [0.3, 0.4) is 0 Å². The van der Waals surface area contributed by atoms with Gasteiger partial charge in [0, 0.05) is 0 Å². The molecule has 0 spiro atoms. The summed E-state index contributed by atoms with van der Waals surface area (Å²) in [5.74, 6) is 0. The van der Waals surface area contributed by atoms with E-state index in [0.717, 1.165) is 0 Å². The molecule has 0 saturated heterocycles. The van der Waals surface area contributed by atoms with Crippen LogP contribution in [0.2, 0.25) is 0 Å². The summed E-state index contributed by atoms with van der Waals surface area (Å²) in [5.41, 5.74) is 0. The first-order valence-corrected chi connectivity index (χ1v) is 5.55. The standard InChI is InChI=1S/C6H5.Cs/c1-2-4-6-5-3-1;/h1-5H;. The van der Waals surface area contributed by atoms with E-state index in [4.69, 9.17) is 0 Å². The molecule has 1 heteroatoms. The molecule has 0 unspecified atom stereocenters. The van der Waals surface area contributed by atoms with Gasteiger partial charge in [-0.25, -0.2) is 0 Å². The molecule has 0 saturated carbocycles. The van der Waals surface area contributed by atoms with Crippen LogP contribution in [0.5, 0.6) is 0 Å². The number of hydrogen-bond donors (Lipinski definition) is 0. The summed E-state index contributed by atoms with van der Waals surface area (Å²) >= 11 is 0.628. The van der Waals surface area contributed by atoms with Gasteiger partial charge in [0.25, 0.3) is 0 Å². The van der Waals surface area contributed by atoms with E-state index in [0.29, 0.717) is 65.9 Å². The summed E-state index contributed by atoms with van der Waals surface area (Å²) in [4.78, 5) is 0. The number of benzene rings is 1. The maximum absolute atomic E-state index is 2.18. The van der Waals surface area contributed by atoms with E-state index in [-0.39, 0.29) is 0 Å². The summed E-state index contributed by atoms with van der Waals surface area (Å²) < 4.78 is 1.54. The normalized spacial score (nSPS) is 8.86. The molecule has 1 aromatic rings. The molecular formula is C6H5Cs. The van der Waals surface area contributed by atoms with Gasteiger partial charge in [-0.3, -0.25) is 0 Å². The molecule has 7 heavy (non-hydrogen) atoms. The summed E-state index contributed by atoms with van der Waals surface area (Å²) in [6.07, 6.45) is 0. The monoisotopic (exact) mass is 210 g/mol. The average Bonchev–Trinajstić information content (AvgIpc) is 1.69. The van der Waals surface area contributed by atoms with E-state index in [2.05, 4.69) is 30.3 Å². The summed E-state index contributed by atoms with van der Waals surface area (Å²) in [5, 5.41) is 0. The van der Waals surface area contributed by atoms with Crippen LogP contribution in [-0.2, 0) is 0 Å². The molecule has 0 bridgehead atoms. The van der Waals surface area contributed by atoms with E-state index < -0.39 is 0 Å². The first-order valence-electron chi connectivity index (χ1n) is 2.41. The first kappa shape index (κ1) is 6.39. The molecule has 0 aliphatic rings. The van der Waals surface area contributed by atoms with Gasteiger partial charge in [-0.1, -0.05) is 0 Å². The average molecular weight is 210 g/mol. The Kier molecular flexibility index (Phi) is 3.04. The molecule has 0 amide bonds. The van der Waals surface area contributed by atoms with Gasteiger partial charge in [0.05, 0.1) is 0 Å². The van der Waals surface area contributed by atoms with E-state index in [1.807, 2.05) is 0 Å². The van der Waals surface area contributed by atoms with Gasteiger partial charge in [-0.15, -0.1) is 0 Å². The molecule has 1 rings (SSSR count). The SMILES string of the molecule is [Cs][c]1ccccc1. The molecule has 1 aromatic carbocycles. The van der Waals surface area contributed by atoms with E-state index in [1.54, 1.807) is -3.01 Å². The van der Waals surface area contributed by atoms with Crippen LogP contribution in [-0.4, -0.2) is 65.9 Å². The van der Waals surface area contributed by atoms with Crippen molar-refractivity contribution in [3.8, 4) is 0 Å². The zero-order valence-electron chi connectivity index (χ0n) is 4.39. The molecule has 0 aromatic heterocycles. The zero-order valence-corrected chi connectivity index (χ0v) is 10.7. The molecule has 0 aliphatic carbocycles.